The lowest BCUT2D eigenvalue weighted by molar-refractivity contribution is 0.0714. The molecule has 1 aromatic carbocycles. The molecule has 0 aliphatic carbocycles. The van der Waals surface area contributed by atoms with E-state index in [1.807, 2.05) is 29.2 Å². The van der Waals surface area contributed by atoms with Gasteiger partial charge in [0.25, 0.3) is 5.91 Å². The third-order valence-corrected chi connectivity index (χ3v) is 3.31. The molecule has 1 saturated heterocycles. The van der Waals surface area contributed by atoms with Crippen molar-refractivity contribution in [1.29, 1.82) is 0 Å². The summed E-state index contributed by atoms with van der Waals surface area (Å²) >= 11 is 0. The third-order valence-electron chi connectivity index (χ3n) is 3.31. The van der Waals surface area contributed by atoms with Crippen molar-refractivity contribution >= 4 is 5.91 Å². The molecular formula is C14H20N2O2. The van der Waals surface area contributed by atoms with Crippen LogP contribution in [0.3, 0.4) is 0 Å². The van der Waals surface area contributed by atoms with Crippen LogP contribution in [0.15, 0.2) is 24.3 Å². The van der Waals surface area contributed by atoms with Gasteiger partial charge in [0.05, 0.1) is 6.61 Å². The van der Waals surface area contributed by atoms with Gasteiger partial charge >= 0.3 is 0 Å². The number of hydrogen-bond acceptors (Lipinski definition) is 3. The van der Waals surface area contributed by atoms with E-state index in [-0.39, 0.29) is 11.9 Å². The molecule has 0 radical (unpaired) electrons. The maximum atomic E-state index is 12.3. The number of nitrogens with two attached hydrogens (primary N) is 1. The van der Waals surface area contributed by atoms with E-state index in [9.17, 15) is 4.79 Å². The zero-order valence-corrected chi connectivity index (χ0v) is 10.8. The monoisotopic (exact) mass is 248 g/mol. The van der Waals surface area contributed by atoms with Gasteiger partial charge in [0, 0.05) is 31.8 Å². The van der Waals surface area contributed by atoms with E-state index >= 15 is 0 Å². The molecule has 1 aliphatic heterocycles. The highest BCUT2D eigenvalue weighted by molar-refractivity contribution is 5.94. The van der Waals surface area contributed by atoms with Crippen LogP contribution in [-0.4, -0.2) is 37.0 Å². The van der Waals surface area contributed by atoms with Gasteiger partial charge in [-0.05, 0) is 30.5 Å². The second-order valence-electron chi connectivity index (χ2n) is 4.76. The average molecular weight is 248 g/mol. The zero-order valence-electron chi connectivity index (χ0n) is 10.8. The number of carbonyl (C=O) groups excluding carboxylic acids is 1. The molecule has 2 N–H and O–H groups in total. The molecule has 0 saturated carbocycles. The highest BCUT2D eigenvalue weighted by atomic mass is 16.5. The molecule has 1 aromatic rings. The lowest BCUT2D eigenvalue weighted by atomic mass is 10.0. The fraction of sp³-hybridized carbons (Fsp3) is 0.500. The van der Waals surface area contributed by atoms with Gasteiger partial charge in [-0.3, -0.25) is 4.79 Å². The molecule has 1 amide bonds. The Balaban J connectivity index is 2.06. The molecule has 0 spiro atoms. The fourth-order valence-corrected chi connectivity index (χ4v) is 2.25. The Hall–Kier alpha value is -1.39. The highest BCUT2D eigenvalue weighted by Crippen LogP contribution is 2.14. The standard InChI is InChI=1S/C14H20N2O2/c1-18-10-11-3-2-4-12(9-11)14(17)16-7-5-13(15)6-8-16/h2-4,9,13H,5-8,10,15H2,1H3. The average Bonchev–Trinajstić information content (AvgIpc) is 2.39. The first kappa shape index (κ1) is 13.1. The Kier molecular flexibility index (Phi) is 4.33. The van der Waals surface area contributed by atoms with E-state index < -0.39 is 0 Å². The third kappa shape index (κ3) is 3.09. The zero-order chi connectivity index (χ0) is 13.0. The highest BCUT2D eigenvalue weighted by Gasteiger charge is 2.21. The van der Waals surface area contributed by atoms with Crippen LogP contribution >= 0.6 is 0 Å². The van der Waals surface area contributed by atoms with Crippen molar-refractivity contribution in [2.75, 3.05) is 20.2 Å². The first-order valence-electron chi connectivity index (χ1n) is 6.33. The number of amides is 1. The van der Waals surface area contributed by atoms with Gasteiger partial charge in [-0.15, -0.1) is 0 Å². The van der Waals surface area contributed by atoms with Crippen molar-refractivity contribution in [3.05, 3.63) is 35.4 Å². The molecule has 18 heavy (non-hydrogen) atoms. The number of benzene rings is 1. The van der Waals surface area contributed by atoms with Crippen molar-refractivity contribution in [2.45, 2.75) is 25.5 Å². The number of ether oxygens (including phenoxy) is 1. The van der Waals surface area contributed by atoms with E-state index in [1.54, 1.807) is 7.11 Å². The second kappa shape index (κ2) is 5.98. The number of piperidine rings is 1. The Morgan fingerprint density at radius 2 is 2.17 bits per heavy atom. The number of carbonyl (C=O) groups is 1. The summed E-state index contributed by atoms with van der Waals surface area (Å²) in [5.74, 6) is 0.0971. The van der Waals surface area contributed by atoms with Gasteiger partial charge in [0.15, 0.2) is 0 Å². The number of rotatable bonds is 3. The smallest absolute Gasteiger partial charge is 0.253 e. The van der Waals surface area contributed by atoms with Crippen LogP contribution in [0.2, 0.25) is 0 Å². The Morgan fingerprint density at radius 3 is 2.83 bits per heavy atom. The molecule has 0 bridgehead atoms. The first-order valence-corrected chi connectivity index (χ1v) is 6.33. The molecule has 4 heteroatoms. The molecule has 0 atom stereocenters. The van der Waals surface area contributed by atoms with E-state index in [1.165, 1.54) is 0 Å². The Bertz CT molecular complexity index is 412. The largest absolute Gasteiger partial charge is 0.380 e. The Morgan fingerprint density at radius 1 is 1.44 bits per heavy atom. The Labute approximate surface area is 108 Å². The maximum Gasteiger partial charge on any atom is 0.253 e. The van der Waals surface area contributed by atoms with Crippen LogP contribution in [0.4, 0.5) is 0 Å². The van der Waals surface area contributed by atoms with Crippen molar-refractivity contribution in [3.8, 4) is 0 Å². The summed E-state index contributed by atoms with van der Waals surface area (Å²) < 4.78 is 5.08. The summed E-state index contributed by atoms with van der Waals surface area (Å²) in [6.45, 7) is 2.05. The SMILES string of the molecule is COCc1cccc(C(=O)N2CCC(N)CC2)c1. The maximum absolute atomic E-state index is 12.3. The summed E-state index contributed by atoms with van der Waals surface area (Å²) in [5.41, 5.74) is 7.61. The van der Waals surface area contributed by atoms with E-state index in [4.69, 9.17) is 10.5 Å². The van der Waals surface area contributed by atoms with Gasteiger partial charge in [-0.25, -0.2) is 0 Å². The molecule has 2 rings (SSSR count). The topological polar surface area (TPSA) is 55.6 Å². The predicted octanol–water partition coefficient (Wildman–Crippen LogP) is 1.40. The number of methoxy groups -OCH3 is 1. The van der Waals surface area contributed by atoms with E-state index in [0.717, 1.165) is 37.1 Å². The van der Waals surface area contributed by atoms with E-state index in [0.29, 0.717) is 6.61 Å². The first-order chi connectivity index (χ1) is 8.70. The molecule has 0 unspecified atom stereocenters. The normalized spacial score (nSPS) is 16.9. The van der Waals surface area contributed by atoms with Crippen LogP contribution in [0.5, 0.6) is 0 Å². The lowest BCUT2D eigenvalue weighted by Gasteiger charge is -2.30. The van der Waals surface area contributed by atoms with Gasteiger partial charge in [0.1, 0.15) is 0 Å². The number of likely N-dealkylation sites (tertiary alicyclic amines) is 1. The number of nitrogens with zero attached hydrogens (tertiary/aromatic N) is 1. The molecule has 4 nitrogen and oxygen atoms in total. The van der Waals surface area contributed by atoms with Gasteiger partial charge in [-0.2, -0.15) is 0 Å². The van der Waals surface area contributed by atoms with Crippen LogP contribution in [0.1, 0.15) is 28.8 Å². The van der Waals surface area contributed by atoms with E-state index in [2.05, 4.69) is 0 Å². The molecule has 1 aliphatic rings. The summed E-state index contributed by atoms with van der Waals surface area (Å²) in [6, 6.07) is 7.87. The summed E-state index contributed by atoms with van der Waals surface area (Å²) in [5, 5.41) is 0. The van der Waals surface area contributed by atoms with Crippen molar-refractivity contribution in [2.24, 2.45) is 5.73 Å². The summed E-state index contributed by atoms with van der Waals surface area (Å²) in [7, 11) is 1.65. The van der Waals surface area contributed by atoms with Crippen molar-refractivity contribution in [3.63, 3.8) is 0 Å². The van der Waals surface area contributed by atoms with Gasteiger partial charge in [-0.1, -0.05) is 12.1 Å². The van der Waals surface area contributed by atoms with Crippen LogP contribution in [0.25, 0.3) is 0 Å². The fourth-order valence-electron chi connectivity index (χ4n) is 2.25. The molecular weight excluding hydrogens is 228 g/mol. The minimum absolute atomic E-state index is 0.0971. The van der Waals surface area contributed by atoms with Crippen LogP contribution in [0, 0.1) is 0 Å². The molecule has 0 aromatic heterocycles. The van der Waals surface area contributed by atoms with Gasteiger partial charge in [0.2, 0.25) is 0 Å². The van der Waals surface area contributed by atoms with Crippen molar-refractivity contribution < 1.29 is 9.53 Å². The van der Waals surface area contributed by atoms with Crippen LogP contribution in [-0.2, 0) is 11.3 Å². The molecule has 1 heterocycles. The minimum atomic E-state index is 0.0971. The van der Waals surface area contributed by atoms with Crippen molar-refractivity contribution in [1.82, 2.24) is 4.90 Å². The lowest BCUT2D eigenvalue weighted by Crippen LogP contribution is -2.42. The second-order valence-corrected chi connectivity index (χ2v) is 4.76. The number of hydrogen-bond donors (Lipinski definition) is 1. The summed E-state index contributed by atoms with van der Waals surface area (Å²) in [6.07, 6.45) is 1.78. The minimum Gasteiger partial charge on any atom is -0.380 e. The quantitative estimate of drug-likeness (QED) is 0.879. The molecule has 98 valence electrons. The predicted molar refractivity (Wildman–Crippen MR) is 70.3 cm³/mol. The molecule has 1 fully saturated rings. The van der Waals surface area contributed by atoms with Gasteiger partial charge < -0.3 is 15.4 Å². The van der Waals surface area contributed by atoms with Crippen LogP contribution < -0.4 is 5.73 Å². The summed E-state index contributed by atoms with van der Waals surface area (Å²) in [4.78, 5) is 14.2.